The third-order valence-electron chi connectivity index (χ3n) is 2.04. The molecule has 0 heterocycles. The van der Waals surface area contributed by atoms with Gasteiger partial charge in [-0.3, -0.25) is 4.79 Å². The Balaban J connectivity index is 2.20. The molecular formula is C9H12O. The van der Waals surface area contributed by atoms with E-state index >= 15 is 0 Å². The van der Waals surface area contributed by atoms with E-state index in [1.807, 2.05) is 0 Å². The van der Waals surface area contributed by atoms with E-state index in [1.54, 1.807) is 0 Å². The molecule has 10 heavy (non-hydrogen) atoms. The van der Waals surface area contributed by atoms with Crippen LogP contribution in [-0.4, -0.2) is 5.78 Å². The molecule has 1 saturated carbocycles. The molecule has 0 spiro atoms. The molecule has 0 bridgehead atoms. The number of terminal acetylenes is 1. The van der Waals surface area contributed by atoms with Crippen LogP contribution in [0.25, 0.3) is 0 Å². The zero-order valence-corrected chi connectivity index (χ0v) is 6.10. The fraction of sp³-hybridized carbons (Fsp3) is 0.667. The van der Waals surface area contributed by atoms with Crippen LogP contribution in [0.1, 0.15) is 32.1 Å². The van der Waals surface area contributed by atoms with E-state index in [0.717, 1.165) is 32.1 Å². The molecule has 0 aromatic carbocycles. The Kier molecular flexibility index (Phi) is 2.50. The van der Waals surface area contributed by atoms with Crippen LogP contribution in [-0.2, 0) is 4.79 Å². The molecular weight excluding hydrogens is 124 g/mol. The second-order valence-corrected chi connectivity index (χ2v) is 2.89. The van der Waals surface area contributed by atoms with Crippen molar-refractivity contribution in [3.63, 3.8) is 0 Å². The number of rotatable bonds is 2. The molecule has 1 nitrogen and oxygen atoms in total. The zero-order chi connectivity index (χ0) is 7.40. The van der Waals surface area contributed by atoms with Gasteiger partial charge >= 0.3 is 0 Å². The van der Waals surface area contributed by atoms with Crippen molar-refractivity contribution in [1.29, 1.82) is 0 Å². The van der Waals surface area contributed by atoms with Crippen molar-refractivity contribution >= 4 is 5.78 Å². The van der Waals surface area contributed by atoms with Crippen molar-refractivity contribution in [1.82, 2.24) is 0 Å². The Labute approximate surface area is 61.8 Å². The highest BCUT2D eigenvalue weighted by Gasteiger charge is 2.20. The van der Waals surface area contributed by atoms with E-state index in [9.17, 15) is 4.79 Å². The minimum absolute atomic E-state index is 0.419. The number of ketones is 1. The fourth-order valence-electron chi connectivity index (χ4n) is 1.43. The first-order chi connectivity index (χ1) is 4.83. The monoisotopic (exact) mass is 136 g/mol. The average molecular weight is 136 g/mol. The summed E-state index contributed by atoms with van der Waals surface area (Å²) in [6.07, 6.45) is 9.62. The molecule has 0 radical (unpaired) electrons. The molecule has 0 amide bonds. The van der Waals surface area contributed by atoms with Gasteiger partial charge in [-0.1, -0.05) is 0 Å². The molecule has 0 N–H and O–H groups in total. The van der Waals surface area contributed by atoms with Gasteiger partial charge in [0.05, 0.1) is 0 Å². The largest absolute Gasteiger partial charge is 0.300 e. The predicted octanol–water partition coefficient (Wildman–Crippen LogP) is 1.77. The lowest BCUT2D eigenvalue weighted by atomic mass is 10.0. The Bertz CT molecular complexity index is 164. The highest BCUT2D eigenvalue weighted by atomic mass is 16.1. The molecule has 0 aromatic heterocycles. The molecule has 1 aliphatic carbocycles. The van der Waals surface area contributed by atoms with Gasteiger partial charge in [-0.2, -0.15) is 0 Å². The van der Waals surface area contributed by atoms with Crippen LogP contribution in [0.15, 0.2) is 0 Å². The van der Waals surface area contributed by atoms with E-state index in [1.165, 1.54) is 0 Å². The second kappa shape index (κ2) is 3.41. The first-order valence-corrected chi connectivity index (χ1v) is 3.78. The summed E-state index contributed by atoms with van der Waals surface area (Å²) in [5, 5.41) is 0. The molecule has 1 heteroatoms. The summed E-state index contributed by atoms with van der Waals surface area (Å²) < 4.78 is 0. The van der Waals surface area contributed by atoms with Crippen molar-refractivity contribution in [2.75, 3.05) is 0 Å². The lowest BCUT2D eigenvalue weighted by Gasteiger charge is -2.02. The number of carbonyl (C=O) groups is 1. The van der Waals surface area contributed by atoms with Gasteiger partial charge < -0.3 is 0 Å². The summed E-state index contributed by atoms with van der Waals surface area (Å²) in [5.74, 6) is 3.62. The van der Waals surface area contributed by atoms with Gasteiger partial charge in [0.15, 0.2) is 0 Å². The first kappa shape index (κ1) is 7.34. The molecule has 1 rings (SSSR count). The molecule has 1 fully saturated rings. The average Bonchev–Trinajstić information content (AvgIpc) is 2.31. The molecule has 54 valence electrons. The predicted molar refractivity (Wildman–Crippen MR) is 40.4 cm³/mol. The van der Waals surface area contributed by atoms with Gasteiger partial charge in [-0.05, 0) is 18.8 Å². The van der Waals surface area contributed by atoms with Gasteiger partial charge in [0.2, 0.25) is 0 Å². The lowest BCUT2D eigenvalue weighted by Crippen LogP contribution is -1.93. The third kappa shape index (κ3) is 1.88. The van der Waals surface area contributed by atoms with Crippen LogP contribution >= 0.6 is 0 Å². The Morgan fingerprint density at radius 2 is 2.50 bits per heavy atom. The highest BCUT2D eigenvalue weighted by Crippen LogP contribution is 2.25. The summed E-state index contributed by atoms with van der Waals surface area (Å²) in [5.41, 5.74) is 0. The Hall–Kier alpha value is -0.770. The molecule has 1 atom stereocenters. The van der Waals surface area contributed by atoms with E-state index < -0.39 is 0 Å². The standard InChI is InChI=1S/C9H12O/c1-2-3-4-8-5-6-9(10)7-8/h1,8H,3-7H2. The van der Waals surface area contributed by atoms with Crippen LogP contribution in [0.3, 0.4) is 0 Å². The van der Waals surface area contributed by atoms with Gasteiger partial charge in [0, 0.05) is 19.3 Å². The number of hydrogen-bond acceptors (Lipinski definition) is 1. The van der Waals surface area contributed by atoms with E-state index in [4.69, 9.17) is 6.42 Å². The van der Waals surface area contributed by atoms with E-state index in [2.05, 4.69) is 5.92 Å². The summed E-state index contributed by atoms with van der Waals surface area (Å²) in [7, 11) is 0. The topological polar surface area (TPSA) is 17.1 Å². The van der Waals surface area contributed by atoms with Gasteiger partial charge in [0.1, 0.15) is 5.78 Å². The maximum Gasteiger partial charge on any atom is 0.133 e. The number of Topliss-reactive ketones (excluding diaryl/α,β-unsaturated/α-hetero) is 1. The summed E-state index contributed by atoms with van der Waals surface area (Å²) in [6, 6.07) is 0. The van der Waals surface area contributed by atoms with E-state index in [-0.39, 0.29) is 0 Å². The van der Waals surface area contributed by atoms with Crippen LogP contribution in [0, 0.1) is 18.3 Å². The maximum absolute atomic E-state index is 10.8. The van der Waals surface area contributed by atoms with Crippen molar-refractivity contribution in [3.8, 4) is 12.3 Å². The van der Waals surface area contributed by atoms with Gasteiger partial charge in [-0.25, -0.2) is 0 Å². The summed E-state index contributed by atoms with van der Waals surface area (Å²) in [4.78, 5) is 10.8. The Morgan fingerprint density at radius 3 is 3.00 bits per heavy atom. The fourth-order valence-corrected chi connectivity index (χ4v) is 1.43. The van der Waals surface area contributed by atoms with E-state index in [0.29, 0.717) is 11.7 Å². The van der Waals surface area contributed by atoms with Crippen molar-refractivity contribution < 1.29 is 4.79 Å². The third-order valence-corrected chi connectivity index (χ3v) is 2.04. The molecule has 1 aliphatic rings. The normalized spacial score (nSPS) is 24.7. The van der Waals surface area contributed by atoms with Crippen molar-refractivity contribution in [3.05, 3.63) is 0 Å². The molecule has 0 aromatic rings. The Morgan fingerprint density at radius 1 is 1.70 bits per heavy atom. The molecule has 1 unspecified atom stereocenters. The summed E-state index contributed by atoms with van der Waals surface area (Å²) >= 11 is 0. The van der Waals surface area contributed by atoms with Crippen LogP contribution in [0.2, 0.25) is 0 Å². The maximum atomic E-state index is 10.8. The quantitative estimate of drug-likeness (QED) is 0.529. The first-order valence-electron chi connectivity index (χ1n) is 3.78. The lowest BCUT2D eigenvalue weighted by molar-refractivity contribution is -0.117. The summed E-state index contributed by atoms with van der Waals surface area (Å²) in [6.45, 7) is 0. The molecule has 0 saturated heterocycles. The van der Waals surface area contributed by atoms with Gasteiger partial charge in [0.25, 0.3) is 0 Å². The van der Waals surface area contributed by atoms with Gasteiger partial charge in [-0.15, -0.1) is 12.3 Å². The number of carbonyl (C=O) groups excluding carboxylic acids is 1. The molecule has 0 aliphatic heterocycles. The van der Waals surface area contributed by atoms with Crippen LogP contribution in [0.5, 0.6) is 0 Å². The number of hydrogen-bond donors (Lipinski definition) is 0. The zero-order valence-electron chi connectivity index (χ0n) is 6.10. The minimum atomic E-state index is 0.419. The SMILES string of the molecule is C#CCCC1CCC(=O)C1. The van der Waals surface area contributed by atoms with Crippen LogP contribution in [0.4, 0.5) is 0 Å². The highest BCUT2D eigenvalue weighted by molar-refractivity contribution is 5.80. The van der Waals surface area contributed by atoms with Crippen LogP contribution < -0.4 is 0 Å². The van der Waals surface area contributed by atoms with Crippen molar-refractivity contribution in [2.24, 2.45) is 5.92 Å². The van der Waals surface area contributed by atoms with Crippen molar-refractivity contribution in [2.45, 2.75) is 32.1 Å². The smallest absolute Gasteiger partial charge is 0.133 e. The minimum Gasteiger partial charge on any atom is -0.300 e. The second-order valence-electron chi connectivity index (χ2n) is 2.89.